The van der Waals surface area contributed by atoms with Gasteiger partial charge < -0.3 is 0 Å². The predicted octanol–water partition coefficient (Wildman–Crippen LogP) is 6.23. The van der Waals surface area contributed by atoms with Gasteiger partial charge in [0.2, 0.25) is 0 Å². The van der Waals surface area contributed by atoms with Crippen molar-refractivity contribution in [2.45, 2.75) is 61.9 Å². The fourth-order valence-electron chi connectivity index (χ4n) is 3.79. The van der Waals surface area contributed by atoms with Gasteiger partial charge in [-0.2, -0.15) is 0 Å². The lowest BCUT2D eigenvalue weighted by Gasteiger charge is -2.25. The number of hydrogen-bond donors (Lipinski definition) is 0. The molecule has 140 valence electrons. The summed E-state index contributed by atoms with van der Waals surface area (Å²) in [6.45, 7) is 3.32. The Hall–Kier alpha value is -1.02. The van der Waals surface area contributed by atoms with E-state index >= 15 is 0 Å². The van der Waals surface area contributed by atoms with E-state index in [1.165, 1.54) is 23.1 Å². The fraction of sp³-hybridized carbons (Fsp3) is 0.478. The molecule has 1 fully saturated rings. The van der Waals surface area contributed by atoms with E-state index in [1.807, 2.05) is 0 Å². The molecule has 0 aromatic heterocycles. The van der Waals surface area contributed by atoms with Crippen molar-refractivity contribution < 1.29 is 0 Å². The van der Waals surface area contributed by atoms with Gasteiger partial charge in [0.1, 0.15) is 0 Å². The molecule has 3 unspecified atom stereocenters. The van der Waals surface area contributed by atoms with Crippen LogP contribution in [0.2, 0.25) is 0 Å². The third-order valence-corrected chi connectivity index (χ3v) is 6.83. The zero-order valence-corrected chi connectivity index (χ0v) is 17.3. The van der Waals surface area contributed by atoms with Crippen LogP contribution in [0.3, 0.4) is 0 Å². The Labute approximate surface area is 168 Å². The summed E-state index contributed by atoms with van der Waals surface area (Å²) in [4.78, 5) is 2.43. The van der Waals surface area contributed by atoms with Crippen molar-refractivity contribution in [3.8, 4) is 0 Å². The van der Waals surface area contributed by atoms with Crippen molar-refractivity contribution in [1.29, 1.82) is 0 Å². The van der Waals surface area contributed by atoms with Gasteiger partial charge in [0.15, 0.2) is 0 Å². The van der Waals surface area contributed by atoms with Crippen LogP contribution in [0, 0.1) is 0 Å². The fourth-order valence-corrected chi connectivity index (χ4v) is 4.42. The summed E-state index contributed by atoms with van der Waals surface area (Å²) in [5.41, 5.74) is 4.17. The molecule has 3 atom stereocenters. The quantitative estimate of drug-likeness (QED) is 0.507. The Morgan fingerprint density at radius 3 is 2.15 bits per heavy atom. The lowest BCUT2D eigenvalue weighted by molar-refractivity contribution is 0.238. The smallest absolute Gasteiger partial charge is 0.0505 e. The van der Waals surface area contributed by atoms with Crippen molar-refractivity contribution in [3.63, 3.8) is 0 Å². The van der Waals surface area contributed by atoms with E-state index < -0.39 is 0 Å². The standard InChI is InChI=1S/C23H29Cl2N/c1-17(26(2)16-19-6-4-3-5-7-19)8-9-18-10-12-20(13-11-18)21-14-22(24)23(25)15-21/h3-7,10-13,17,21-23H,8-9,14-16H2,1-2H3. The molecule has 0 bridgehead atoms. The van der Waals surface area contributed by atoms with E-state index in [2.05, 4.69) is 73.5 Å². The van der Waals surface area contributed by atoms with E-state index in [4.69, 9.17) is 23.2 Å². The summed E-state index contributed by atoms with van der Waals surface area (Å²) in [5.74, 6) is 0.518. The Morgan fingerprint density at radius 2 is 1.54 bits per heavy atom. The van der Waals surface area contributed by atoms with E-state index in [0.29, 0.717) is 12.0 Å². The highest BCUT2D eigenvalue weighted by molar-refractivity contribution is 6.30. The van der Waals surface area contributed by atoms with Crippen LogP contribution in [0.5, 0.6) is 0 Å². The highest BCUT2D eigenvalue weighted by Gasteiger charge is 2.32. The van der Waals surface area contributed by atoms with Gasteiger partial charge in [-0.05, 0) is 62.3 Å². The molecule has 0 saturated heterocycles. The number of aryl methyl sites for hydroxylation is 1. The van der Waals surface area contributed by atoms with Gasteiger partial charge in [0.25, 0.3) is 0 Å². The predicted molar refractivity (Wildman–Crippen MR) is 113 cm³/mol. The van der Waals surface area contributed by atoms with Crippen LogP contribution in [0.15, 0.2) is 54.6 Å². The molecule has 2 aromatic carbocycles. The van der Waals surface area contributed by atoms with Gasteiger partial charge in [0, 0.05) is 12.6 Å². The summed E-state index contributed by atoms with van der Waals surface area (Å²) < 4.78 is 0. The maximum absolute atomic E-state index is 6.27. The normalized spacial score (nSPS) is 24.1. The molecule has 1 nitrogen and oxygen atoms in total. The van der Waals surface area contributed by atoms with Gasteiger partial charge >= 0.3 is 0 Å². The van der Waals surface area contributed by atoms with Crippen LogP contribution >= 0.6 is 23.2 Å². The number of halogens is 2. The Balaban J connectivity index is 1.48. The van der Waals surface area contributed by atoms with Crippen molar-refractivity contribution in [1.82, 2.24) is 4.90 Å². The minimum Gasteiger partial charge on any atom is -0.299 e. The maximum Gasteiger partial charge on any atom is 0.0505 e. The third-order valence-electron chi connectivity index (χ3n) is 5.74. The first-order valence-corrected chi connectivity index (χ1v) is 10.5. The van der Waals surface area contributed by atoms with Crippen molar-refractivity contribution >= 4 is 23.2 Å². The summed E-state index contributed by atoms with van der Waals surface area (Å²) in [6.07, 6.45) is 4.27. The molecule has 2 aromatic rings. The second-order valence-electron chi connectivity index (χ2n) is 7.73. The average Bonchev–Trinajstić information content (AvgIpc) is 2.99. The molecule has 1 aliphatic carbocycles. The zero-order valence-electron chi connectivity index (χ0n) is 15.7. The number of nitrogens with zero attached hydrogens (tertiary/aromatic N) is 1. The third kappa shape index (κ3) is 5.25. The molecule has 3 heteroatoms. The summed E-state index contributed by atoms with van der Waals surface area (Å²) in [5, 5.41) is 0.227. The molecule has 1 aliphatic rings. The molecule has 0 aliphatic heterocycles. The van der Waals surface area contributed by atoms with Crippen LogP contribution in [0.4, 0.5) is 0 Å². The first-order valence-electron chi connectivity index (χ1n) is 9.64. The number of rotatable bonds is 7. The molecule has 1 saturated carbocycles. The van der Waals surface area contributed by atoms with Crippen LogP contribution in [-0.4, -0.2) is 28.7 Å². The molecule has 0 amide bonds. The molecule has 0 heterocycles. The van der Waals surface area contributed by atoms with E-state index in [9.17, 15) is 0 Å². The average molecular weight is 390 g/mol. The van der Waals surface area contributed by atoms with Gasteiger partial charge in [-0.1, -0.05) is 54.6 Å². The van der Waals surface area contributed by atoms with Crippen LogP contribution in [0.25, 0.3) is 0 Å². The van der Waals surface area contributed by atoms with Crippen LogP contribution in [0.1, 0.15) is 48.8 Å². The first-order chi connectivity index (χ1) is 12.5. The molecular weight excluding hydrogens is 361 g/mol. The van der Waals surface area contributed by atoms with Gasteiger partial charge in [-0.25, -0.2) is 0 Å². The second-order valence-corrected chi connectivity index (χ2v) is 8.85. The van der Waals surface area contributed by atoms with E-state index in [0.717, 1.165) is 25.8 Å². The topological polar surface area (TPSA) is 3.24 Å². The van der Waals surface area contributed by atoms with Crippen molar-refractivity contribution in [3.05, 3.63) is 71.3 Å². The zero-order chi connectivity index (χ0) is 18.5. The summed E-state index contributed by atoms with van der Waals surface area (Å²) >= 11 is 12.5. The first kappa shape index (κ1) is 19.7. The highest BCUT2D eigenvalue weighted by atomic mass is 35.5. The molecule has 0 radical (unpaired) electrons. The molecule has 3 rings (SSSR count). The van der Waals surface area contributed by atoms with Gasteiger partial charge in [-0.15, -0.1) is 23.2 Å². The van der Waals surface area contributed by atoms with E-state index in [1.54, 1.807) is 0 Å². The lowest BCUT2D eigenvalue weighted by atomic mass is 9.95. The highest BCUT2D eigenvalue weighted by Crippen LogP contribution is 2.40. The van der Waals surface area contributed by atoms with Gasteiger partial charge in [0.05, 0.1) is 10.8 Å². The lowest BCUT2D eigenvalue weighted by Crippen LogP contribution is -2.28. The summed E-state index contributed by atoms with van der Waals surface area (Å²) in [7, 11) is 2.21. The Bertz CT molecular complexity index is 660. The maximum atomic E-state index is 6.27. The molecule has 26 heavy (non-hydrogen) atoms. The SMILES string of the molecule is CC(CCc1ccc(C2CC(Cl)C(Cl)C2)cc1)N(C)Cc1ccccc1. The molecule has 0 N–H and O–H groups in total. The Morgan fingerprint density at radius 1 is 0.923 bits per heavy atom. The minimum atomic E-state index is 0.113. The van der Waals surface area contributed by atoms with Crippen LogP contribution < -0.4 is 0 Å². The van der Waals surface area contributed by atoms with Crippen molar-refractivity contribution in [2.75, 3.05) is 7.05 Å². The minimum absolute atomic E-state index is 0.113. The largest absolute Gasteiger partial charge is 0.299 e. The number of hydrogen-bond acceptors (Lipinski definition) is 1. The van der Waals surface area contributed by atoms with E-state index in [-0.39, 0.29) is 10.8 Å². The van der Waals surface area contributed by atoms with Crippen molar-refractivity contribution in [2.24, 2.45) is 0 Å². The van der Waals surface area contributed by atoms with Crippen LogP contribution in [-0.2, 0) is 13.0 Å². The molecule has 0 spiro atoms. The van der Waals surface area contributed by atoms with Gasteiger partial charge in [-0.3, -0.25) is 4.90 Å². The second kappa shape index (κ2) is 9.26. The Kier molecular flexibility index (Phi) is 7.03. The monoisotopic (exact) mass is 389 g/mol. The molecular formula is C23H29Cl2N. The number of benzene rings is 2. The number of alkyl halides is 2. The summed E-state index contributed by atoms with van der Waals surface area (Å²) in [6, 6.07) is 20.4.